The Kier molecular flexibility index (Phi) is 7.31. The number of benzene rings is 2. The van der Waals surface area contributed by atoms with Gasteiger partial charge in [-0.2, -0.15) is 0 Å². The number of nitrogens with one attached hydrogen (secondary N) is 1. The van der Waals surface area contributed by atoms with Gasteiger partial charge in [0.1, 0.15) is 0 Å². The Morgan fingerprint density at radius 1 is 0.950 bits per heavy atom. The van der Waals surface area contributed by atoms with E-state index in [4.69, 9.17) is 0 Å². The van der Waals surface area contributed by atoms with E-state index in [0.717, 1.165) is 18.5 Å². The number of rotatable bonds is 6. The Morgan fingerprint density at radius 2 is 1.55 bits per heavy atom. The maximum absolute atomic E-state index is 10.0. The number of hydrogen-bond acceptors (Lipinski definition) is 2. The predicted molar refractivity (Wildman–Crippen MR) is 86.2 cm³/mol. The van der Waals surface area contributed by atoms with E-state index in [-0.39, 0.29) is 12.4 Å². The number of aliphatic hydroxyl groups excluding tert-OH is 1. The summed E-state index contributed by atoms with van der Waals surface area (Å²) in [5, 5.41) is 13.3. The lowest BCUT2D eigenvalue weighted by Crippen LogP contribution is -2.21. The third-order valence-corrected chi connectivity index (χ3v) is 3.28. The summed E-state index contributed by atoms with van der Waals surface area (Å²) in [7, 11) is 0. The molecular weight excluding hydrogens is 270 g/mol. The normalized spacial score (nSPS) is 11.7. The average molecular weight is 292 g/mol. The standard InChI is InChI=1S/C17H21NO.ClH/c1-2-14-8-10-15(11-9-14)12-18-13-17(19)16-6-4-3-5-7-16;/h3-11,17-19H,2,12-13H2,1H3;1H. The summed E-state index contributed by atoms with van der Waals surface area (Å²) >= 11 is 0. The first-order valence-corrected chi connectivity index (χ1v) is 6.81. The Balaban J connectivity index is 0.00000200. The van der Waals surface area contributed by atoms with Crippen LogP contribution in [0.1, 0.15) is 29.7 Å². The smallest absolute Gasteiger partial charge is 0.0914 e. The highest BCUT2D eigenvalue weighted by Gasteiger charge is 2.05. The molecule has 1 atom stereocenters. The minimum absolute atomic E-state index is 0. The Hall–Kier alpha value is -1.35. The molecule has 0 amide bonds. The fourth-order valence-corrected chi connectivity index (χ4v) is 2.04. The van der Waals surface area contributed by atoms with Gasteiger partial charge >= 0.3 is 0 Å². The number of halogens is 1. The highest BCUT2D eigenvalue weighted by Crippen LogP contribution is 2.11. The summed E-state index contributed by atoms with van der Waals surface area (Å²) in [5.41, 5.74) is 3.56. The van der Waals surface area contributed by atoms with Crippen LogP contribution in [0.5, 0.6) is 0 Å². The van der Waals surface area contributed by atoms with E-state index in [9.17, 15) is 5.11 Å². The van der Waals surface area contributed by atoms with Gasteiger partial charge in [-0.15, -0.1) is 12.4 Å². The zero-order chi connectivity index (χ0) is 13.5. The lowest BCUT2D eigenvalue weighted by molar-refractivity contribution is 0.174. The minimum Gasteiger partial charge on any atom is -0.387 e. The van der Waals surface area contributed by atoms with Crippen LogP contribution in [0.4, 0.5) is 0 Å². The molecule has 20 heavy (non-hydrogen) atoms. The molecule has 0 fully saturated rings. The minimum atomic E-state index is -0.448. The SMILES string of the molecule is CCc1ccc(CNCC(O)c2ccccc2)cc1.Cl. The van der Waals surface area contributed by atoms with Crippen LogP contribution in [0.2, 0.25) is 0 Å². The van der Waals surface area contributed by atoms with Gasteiger partial charge in [0.15, 0.2) is 0 Å². The maximum atomic E-state index is 10.0. The summed E-state index contributed by atoms with van der Waals surface area (Å²) in [4.78, 5) is 0. The Bertz CT molecular complexity index is 484. The molecular formula is C17H22ClNO. The van der Waals surface area contributed by atoms with Crippen molar-refractivity contribution in [2.24, 2.45) is 0 Å². The van der Waals surface area contributed by atoms with Crippen molar-refractivity contribution in [2.75, 3.05) is 6.54 Å². The first-order valence-electron chi connectivity index (χ1n) is 6.81. The molecule has 0 spiro atoms. The lowest BCUT2D eigenvalue weighted by atomic mass is 10.1. The fourth-order valence-electron chi connectivity index (χ4n) is 2.04. The first kappa shape index (κ1) is 16.7. The largest absolute Gasteiger partial charge is 0.387 e. The third-order valence-electron chi connectivity index (χ3n) is 3.28. The molecule has 0 aliphatic carbocycles. The molecule has 0 saturated carbocycles. The second-order valence-electron chi connectivity index (χ2n) is 4.73. The van der Waals surface area contributed by atoms with Gasteiger partial charge in [0.25, 0.3) is 0 Å². The van der Waals surface area contributed by atoms with Crippen molar-refractivity contribution in [3.63, 3.8) is 0 Å². The van der Waals surface area contributed by atoms with Crippen molar-refractivity contribution in [1.82, 2.24) is 5.32 Å². The molecule has 0 aliphatic rings. The average Bonchev–Trinajstić information content (AvgIpc) is 2.49. The quantitative estimate of drug-likeness (QED) is 0.854. The van der Waals surface area contributed by atoms with Crippen molar-refractivity contribution >= 4 is 12.4 Å². The van der Waals surface area contributed by atoms with Gasteiger partial charge in [-0.3, -0.25) is 0 Å². The monoisotopic (exact) mass is 291 g/mol. The van der Waals surface area contributed by atoms with E-state index in [1.807, 2.05) is 30.3 Å². The predicted octanol–water partition coefficient (Wildman–Crippen LogP) is 3.49. The van der Waals surface area contributed by atoms with E-state index in [1.165, 1.54) is 11.1 Å². The first-order chi connectivity index (χ1) is 9.29. The van der Waals surface area contributed by atoms with Crippen LogP contribution in [-0.2, 0) is 13.0 Å². The molecule has 0 bridgehead atoms. The molecule has 2 nitrogen and oxygen atoms in total. The molecule has 2 aromatic carbocycles. The summed E-state index contributed by atoms with van der Waals surface area (Å²) in [6.45, 7) is 3.51. The molecule has 0 heterocycles. The van der Waals surface area contributed by atoms with Gasteiger partial charge in [0.05, 0.1) is 6.10 Å². The zero-order valence-electron chi connectivity index (χ0n) is 11.8. The van der Waals surface area contributed by atoms with Crippen molar-refractivity contribution in [3.8, 4) is 0 Å². The third kappa shape index (κ3) is 4.97. The summed E-state index contributed by atoms with van der Waals surface area (Å²) < 4.78 is 0. The van der Waals surface area contributed by atoms with Crippen LogP contribution < -0.4 is 5.32 Å². The van der Waals surface area contributed by atoms with Crippen molar-refractivity contribution in [1.29, 1.82) is 0 Å². The van der Waals surface area contributed by atoms with Crippen LogP contribution in [0.15, 0.2) is 54.6 Å². The second kappa shape index (κ2) is 8.75. The number of aryl methyl sites for hydroxylation is 1. The van der Waals surface area contributed by atoms with Crippen LogP contribution >= 0.6 is 12.4 Å². The van der Waals surface area contributed by atoms with Crippen LogP contribution in [0.25, 0.3) is 0 Å². The fraction of sp³-hybridized carbons (Fsp3) is 0.294. The second-order valence-corrected chi connectivity index (χ2v) is 4.73. The van der Waals surface area contributed by atoms with Crippen molar-refractivity contribution in [3.05, 3.63) is 71.3 Å². The van der Waals surface area contributed by atoms with Gasteiger partial charge in [0.2, 0.25) is 0 Å². The van der Waals surface area contributed by atoms with Gasteiger partial charge in [-0.1, -0.05) is 61.5 Å². The van der Waals surface area contributed by atoms with Crippen molar-refractivity contribution < 1.29 is 5.11 Å². The maximum Gasteiger partial charge on any atom is 0.0914 e. The summed E-state index contributed by atoms with van der Waals surface area (Å²) in [5.74, 6) is 0. The highest BCUT2D eigenvalue weighted by atomic mass is 35.5. The lowest BCUT2D eigenvalue weighted by Gasteiger charge is -2.12. The van der Waals surface area contributed by atoms with E-state index >= 15 is 0 Å². The van der Waals surface area contributed by atoms with Gasteiger partial charge in [0, 0.05) is 13.1 Å². The molecule has 2 aromatic rings. The van der Waals surface area contributed by atoms with E-state index in [1.54, 1.807) is 0 Å². The van der Waals surface area contributed by atoms with Gasteiger partial charge in [-0.25, -0.2) is 0 Å². The molecule has 3 heteroatoms. The molecule has 0 aromatic heterocycles. The highest BCUT2D eigenvalue weighted by molar-refractivity contribution is 5.85. The molecule has 108 valence electrons. The van der Waals surface area contributed by atoms with E-state index in [0.29, 0.717) is 6.54 Å². The van der Waals surface area contributed by atoms with Crippen LogP contribution in [-0.4, -0.2) is 11.7 Å². The summed E-state index contributed by atoms with van der Waals surface area (Å²) in [6, 6.07) is 18.3. The Labute approximate surface area is 127 Å². The molecule has 1 unspecified atom stereocenters. The molecule has 0 saturated heterocycles. The molecule has 2 rings (SSSR count). The van der Waals surface area contributed by atoms with E-state index < -0.39 is 6.10 Å². The topological polar surface area (TPSA) is 32.3 Å². The van der Waals surface area contributed by atoms with Crippen LogP contribution in [0, 0.1) is 0 Å². The van der Waals surface area contributed by atoms with Gasteiger partial charge < -0.3 is 10.4 Å². The Morgan fingerprint density at radius 3 is 2.15 bits per heavy atom. The van der Waals surface area contributed by atoms with Crippen LogP contribution in [0.3, 0.4) is 0 Å². The number of aliphatic hydroxyl groups is 1. The van der Waals surface area contributed by atoms with Gasteiger partial charge in [-0.05, 0) is 23.1 Å². The number of hydrogen-bond donors (Lipinski definition) is 2. The zero-order valence-corrected chi connectivity index (χ0v) is 12.6. The van der Waals surface area contributed by atoms with Crippen molar-refractivity contribution in [2.45, 2.75) is 26.0 Å². The molecule has 2 N–H and O–H groups in total. The summed E-state index contributed by atoms with van der Waals surface area (Å²) in [6.07, 6.45) is 0.622. The molecule has 0 aliphatic heterocycles. The van der Waals surface area contributed by atoms with E-state index in [2.05, 4.69) is 36.5 Å². The molecule has 0 radical (unpaired) electrons.